The lowest BCUT2D eigenvalue weighted by Crippen LogP contribution is -2.39. The summed E-state index contributed by atoms with van der Waals surface area (Å²) in [5.41, 5.74) is 1.22. The van der Waals surface area contributed by atoms with Crippen molar-refractivity contribution in [2.45, 2.75) is 17.4 Å². The molecule has 0 saturated carbocycles. The molecule has 3 nitrogen and oxygen atoms in total. The van der Waals surface area contributed by atoms with Crippen molar-refractivity contribution in [3.8, 4) is 0 Å². The molecule has 1 fully saturated rings. The van der Waals surface area contributed by atoms with E-state index in [1.807, 2.05) is 0 Å². The van der Waals surface area contributed by atoms with Crippen LogP contribution in [0.25, 0.3) is 0 Å². The highest BCUT2D eigenvalue weighted by atomic mass is 32.2. The second-order valence-corrected chi connectivity index (χ2v) is 5.22. The van der Waals surface area contributed by atoms with Crippen molar-refractivity contribution in [2.24, 2.45) is 0 Å². The molecule has 1 saturated heterocycles. The monoisotopic (exact) mass is 265 g/mol. The standard InChI is InChI=1S/C14H19NO2S/c1-18-13-4-2-12(3-5-13)14(6-9-16)15-7-10-17-11-8-15/h2-5,9,14H,6-8,10-11H2,1H3. The molecule has 0 radical (unpaired) electrons. The van der Waals surface area contributed by atoms with Crippen LogP contribution in [0.2, 0.25) is 0 Å². The third-order valence-corrected chi connectivity index (χ3v) is 4.05. The molecule has 1 aromatic rings. The minimum atomic E-state index is 0.197. The Bertz CT molecular complexity index is 374. The van der Waals surface area contributed by atoms with Gasteiger partial charge < -0.3 is 9.53 Å². The van der Waals surface area contributed by atoms with Crippen LogP contribution in [0.1, 0.15) is 18.0 Å². The predicted octanol–water partition coefficient (Wildman–Crippen LogP) is 2.37. The van der Waals surface area contributed by atoms with E-state index in [0.717, 1.165) is 32.6 Å². The fourth-order valence-corrected chi connectivity index (χ4v) is 2.71. The number of hydrogen-bond acceptors (Lipinski definition) is 4. The van der Waals surface area contributed by atoms with Gasteiger partial charge in [0.15, 0.2) is 0 Å². The van der Waals surface area contributed by atoms with Gasteiger partial charge in [0.25, 0.3) is 0 Å². The van der Waals surface area contributed by atoms with Crippen LogP contribution in [-0.4, -0.2) is 43.7 Å². The Morgan fingerprint density at radius 1 is 1.33 bits per heavy atom. The Labute approximate surface area is 113 Å². The number of aldehydes is 1. The van der Waals surface area contributed by atoms with Crippen molar-refractivity contribution < 1.29 is 9.53 Å². The number of carbonyl (C=O) groups excluding carboxylic acids is 1. The van der Waals surface area contributed by atoms with E-state index in [1.54, 1.807) is 11.8 Å². The summed E-state index contributed by atoms with van der Waals surface area (Å²) < 4.78 is 5.37. The highest BCUT2D eigenvalue weighted by Crippen LogP contribution is 2.26. The lowest BCUT2D eigenvalue weighted by molar-refractivity contribution is -0.109. The van der Waals surface area contributed by atoms with Gasteiger partial charge in [-0.25, -0.2) is 0 Å². The molecule has 0 aliphatic carbocycles. The zero-order valence-corrected chi connectivity index (χ0v) is 11.5. The van der Waals surface area contributed by atoms with Gasteiger partial charge >= 0.3 is 0 Å². The third-order valence-electron chi connectivity index (χ3n) is 3.31. The van der Waals surface area contributed by atoms with Crippen LogP contribution >= 0.6 is 11.8 Å². The highest BCUT2D eigenvalue weighted by molar-refractivity contribution is 7.98. The van der Waals surface area contributed by atoms with E-state index in [9.17, 15) is 4.79 Å². The normalized spacial score (nSPS) is 18.5. The first kappa shape index (κ1) is 13.6. The van der Waals surface area contributed by atoms with Gasteiger partial charge in [-0.15, -0.1) is 11.8 Å². The van der Waals surface area contributed by atoms with E-state index >= 15 is 0 Å². The molecule has 18 heavy (non-hydrogen) atoms. The number of morpholine rings is 1. The SMILES string of the molecule is CSc1ccc(C(CC=O)N2CCOCC2)cc1. The van der Waals surface area contributed by atoms with Gasteiger partial charge in [0, 0.05) is 30.4 Å². The van der Waals surface area contributed by atoms with Crippen LogP contribution in [0.15, 0.2) is 29.2 Å². The molecule has 1 aliphatic rings. The Balaban J connectivity index is 2.13. The molecule has 0 spiro atoms. The van der Waals surface area contributed by atoms with Gasteiger partial charge in [-0.2, -0.15) is 0 Å². The number of rotatable bonds is 5. The number of benzene rings is 1. The minimum Gasteiger partial charge on any atom is -0.379 e. The van der Waals surface area contributed by atoms with Crippen LogP contribution in [0.3, 0.4) is 0 Å². The Hall–Kier alpha value is -0.840. The van der Waals surface area contributed by atoms with Crippen molar-refractivity contribution in [3.05, 3.63) is 29.8 Å². The van der Waals surface area contributed by atoms with Gasteiger partial charge in [-0.05, 0) is 24.0 Å². The topological polar surface area (TPSA) is 29.5 Å². The molecular weight excluding hydrogens is 246 g/mol. The average molecular weight is 265 g/mol. The maximum absolute atomic E-state index is 10.9. The zero-order chi connectivity index (χ0) is 12.8. The van der Waals surface area contributed by atoms with E-state index in [1.165, 1.54) is 10.5 Å². The Morgan fingerprint density at radius 3 is 2.56 bits per heavy atom. The summed E-state index contributed by atoms with van der Waals surface area (Å²) in [5.74, 6) is 0. The van der Waals surface area contributed by atoms with Gasteiger partial charge in [0.1, 0.15) is 6.29 Å². The third kappa shape index (κ3) is 3.34. The summed E-state index contributed by atoms with van der Waals surface area (Å²) in [6.07, 6.45) is 3.64. The molecular formula is C14H19NO2S. The first-order valence-electron chi connectivity index (χ1n) is 6.24. The van der Waals surface area contributed by atoms with Gasteiger partial charge in [-0.1, -0.05) is 12.1 Å². The molecule has 1 atom stereocenters. The van der Waals surface area contributed by atoms with Crippen LogP contribution in [0.4, 0.5) is 0 Å². The molecule has 0 bridgehead atoms. The summed E-state index contributed by atoms with van der Waals surface area (Å²) in [5, 5.41) is 0. The first-order valence-corrected chi connectivity index (χ1v) is 7.47. The zero-order valence-electron chi connectivity index (χ0n) is 10.7. The van der Waals surface area contributed by atoms with Gasteiger partial charge in [0.05, 0.1) is 13.2 Å². The number of ether oxygens (including phenoxy) is 1. The van der Waals surface area contributed by atoms with Crippen LogP contribution in [0, 0.1) is 0 Å². The molecule has 98 valence electrons. The maximum atomic E-state index is 10.9. The van der Waals surface area contributed by atoms with Gasteiger partial charge in [-0.3, -0.25) is 4.90 Å². The lowest BCUT2D eigenvalue weighted by atomic mass is 10.0. The van der Waals surface area contributed by atoms with E-state index < -0.39 is 0 Å². The maximum Gasteiger partial charge on any atom is 0.121 e. The minimum absolute atomic E-state index is 0.197. The second kappa shape index (κ2) is 6.92. The van der Waals surface area contributed by atoms with E-state index in [4.69, 9.17) is 4.74 Å². The summed E-state index contributed by atoms with van der Waals surface area (Å²) in [7, 11) is 0. The highest BCUT2D eigenvalue weighted by Gasteiger charge is 2.21. The average Bonchev–Trinajstić information content (AvgIpc) is 2.46. The molecule has 0 N–H and O–H groups in total. The molecule has 0 aromatic heterocycles. The molecule has 1 aliphatic heterocycles. The number of hydrogen-bond donors (Lipinski definition) is 0. The molecule has 1 heterocycles. The Morgan fingerprint density at radius 2 is 2.00 bits per heavy atom. The van der Waals surface area contributed by atoms with E-state index in [0.29, 0.717) is 6.42 Å². The molecule has 0 amide bonds. The molecule has 1 unspecified atom stereocenters. The number of carbonyl (C=O) groups is 1. The largest absolute Gasteiger partial charge is 0.379 e. The fourth-order valence-electron chi connectivity index (χ4n) is 2.30. The molecule has 4 heteroatoms. The van der Waals surface area contributed by atoms with Crippen molar-refractivity contribution in [2.75, 3.05) is 32.6 Å². The van der Waals surface area contributed by atoms with Gasteiger partial charge in [0.2, 0.25) is 0 Å². The van der Waals surface area contributed by atoms with Crippen LogP contribution in [0.5, 0.6) is 0 Å². The smallest absolute Gasteiger partial charge is 0.121 e. The van der Waals surface area contributed by atoms with Crippen molar-refractivity contribution in [1.29, 1.82) is 0 Å². The first-order chi connectivity index (χ1) is 8.85. The quantitative estimate of drug-likeness (QED) is 0.604. The summed E-state index contributed by atoms with van der Waals surface area (Å²) in [4.78, 5) is 14.5. The van der Waals surface area contributed by atoms with Crippen molar-refractivity contribution in [1.82, 2.24) is 4.90 Å². The fraction of sp³-hybridized carbons (Fsp3) is 0.500. The van der Waals surface area contributed by atoms with Crippen molar-refractivity contribution >= 4 is 18.0 Å². The summed E-state index contributed by atoms with van der Waals surface area (Å²) in [6.45, 7) is 3.34. The van der Waals surface area contributed by atoms with Crippen LogP contribution < -0.4 is 0 Å². The predicted molar refractivity (Wildman–Crippen MR) is 74.0 cm³/mol. The van der Waals surface area contributed by atoms with Crippen LogP contribution in [-0.2, 0) is 9.53 Å². The lowest BCUT2D eigenvalue weighted by Gasteiger charge is -2.33. The molecule has 1 aromatic carbocycles. The summed E-state index contributed by atoms with van der Waals surface area (Å²) in [6, 6.07) is 8.71. The number of nitrogens with zero attached hydrogens (tertiary/aromatic N) is 1. The van der Waals surface area contributed by atoms with E-state index in [2.05, 4.69) is 35.4 Å². The number of thioether (sulfide) groups is 1. The summed E-state index contributed by atoms with van der Waals surface area (Å²) >= 11 is 1.74. The van der Waals surface area contributed by atoms with Crippen molar-refractivity contribution in [3.63, 3.8) is 0 Å². The molecule has 2 rings (SSSR count). The van der Waals surface area contributed by atoms with E-state index in [-0.39, 0.29) is 6.04 Å². The second-order valence-electron chi connectivity index (χ2n) is 4.34. The Kier molecular flexibility index (Phi) is 5.23.